The molecule has 1 aromatic rings. The van der Waals surface area contributed by atoms with Crippen LogP contribution in [0.5, 0.6) is 0 Å². The van der Waals surface area contributed by atoms with Crippen LogP contribution in [0.25, 0.3) is 0 Å². The van der Waals surface area contributed by atoms with Gasteiger partial charge in [0.05, 0.1) is 11.4 Å². The van der Waals surface area contributed by atoms with Crippen LogP contribution in [-0.2, 0) is 10.2 Å². The van der Waals surface area contributed by atoms with Crippen LogP contribution in [-0.4, -0.2) is 15.0 Å². The highest BCUT2D eigenvalue weighted by molar-refractivity contribution is 7.90. The van der Waals surface area contributed by atoms with Gasteiger partial charge in [-0.2, -0.15) is 13.1 Å². The van der Waals surface area contributed by atoms with E-state index in [2.05, 4.69) is 9.44 Å². The molecule has 0 aliphatic heterocycles. The third kappa shape index (κ3) is 4.19. The standard InChI is InChI=1S/C12H21N3O2S/c1-8(2)7-14-18(16,17)15-12-6-10(4)9(3)5-11(12)13/h5-6,8,14-15H,7,13H2,1-4H3. The van der Waals surface area contributed by atoms with E-state index in [1.807, 2.05) is 27.7 Å². The van der Waals surface area contributed by atoms with Crippen molar-refractivity contribution < 1.29 is 8.42 Å². The molecule has 0 bridgehead atoms. The Balaban J connectivity index is 2.87. The molecule has 1 aromatic carbocycles. The van der Waals surface area contributed by atoms with E-state index in [0.717, 1.165) is 11.1 Å². The van der Waals surface area contributed by atoms with Crippen LogP contribution < -0.4 is 15.2 Å². The van der Waals surface area contributed by atoms with E-state index in [1.165, 1.54) is 0 Å². The minimum Gasteiger partial charge on any atom is -0.397 e. The van der Waals surface area contributed by atoms with E-state index < -0.39 is 10.2 Å². The van der Waals surface area contributed by atoms with Gasteiger partial charge in [0.15, 0.2) is 0 Å². The smallest absolute Gasteiger partial charge is 0.299 e. The number of benzene rings is 1. The summed E-state index contributed by atoms with van der Waals surface area (Å²) < 4.78 is 28.5. The summed E-state index contributed by atoms with van der Waals surface area (Å²) in [5.41, 5.74) is 8.66. The Morgan fingerprint density at radius 1 is 1.22 bits per heavy atom. The minimum absolute atomic E-state index is 0.249. The van der Waals surface area contributed by atoms with Crippen LogP contribution in [0.1, 0.15) is 25.0 Å². The third-order valence-corrected chi connectivity index (χ3v) is 3.63. The summed E-state index contributed by atoms with van der Waals surface area (Å²) in [5, 5.41) is 0. The van der Waals surface area contributed by atoms with E-state index in [9.17, 15) is 8.42 Å². The summed E-state index contributed by atoms with van der Waals surface area (Å²) in [6.07, 6.45) is 0. The quantitative estimate of drug-likeness (QED) is 0.714. The van der Waals surface area contributed by atoms with Crippen LogP contribution in [0.2, 0.25) is 0 Å². The van der Waals surface area contributed by atoms with Gasteiger partial charge < -0.3 is 5.73 Å². The number of nitrogens with two attached hydrogens (primary N) is 1. The van der Waals surface area contributed by atoms with Crippen molar-refractivity contribution in [2.45, 2.75) is 27.7 Å². The fourth-order valence-electron chi connectivity index (χ4n) is 1.38. The van der Waals surface area contributed by atoms with E-state index in [-0.39, 0.29) is 5.92 Å². The fourth-order valence-corrected chi connectivity index (χ4v) is 2.48. The van der Waals surface area contributed by atoms with Crippen LogP contribution in [0.4, 0.5) is 11.4 Å². The van der Waals surface area contributed by atoms with Crippen molar-refractivity contribution in [3.8, 4) is 0 Å². The first-order valence-electron chi connectivity index (χ1n) is 5.85. The Hall–Kier alpha value is -1.27. The van der Waals surface area contributed by atoms with Crippen LogP contribution >= 0.6 is 0 Å². The lowest BCUT2D eigenvalue weighted by atomic mass is 10.1. The van der Waals surface area contributed by atoms with Gasteiger partial charge in [0.25, 0.3) is 10.2 Å². The summed E-state index contributed by atoms with van der Waals surface area (Å²) in [4.78, 5) is 0. The zero-order valence-corrected chi connectivity index (χ0v) is 12.1. The second-order valence-electron chi connectivity index (χ2n) is 4.87. The van der Waals surface area contributed by atoms with Crippen molar-refractivity contribution in [1.29, 1.82) is 0 Å². The second-order valence-corrected chi connectivity index (χ2v) is 6.37. The number of aryl methyl sites for hydroxylation is 2. The van der Waals surface area contributed by atoms with Crippen molar-refractivity contribution in [2.75, 3.05) is 17.0 Å². The largest absolute Gasteiger partial charge is 0.397 e. The molecule has 0 aliphatic rings. The molecule has 0 saturated carbocycles. The van der Waals surface area contributed by atoms with Crippen molar-refractivity contribution in [2.24, 2.45) is 5.92 Å². The number of nitrogens with one attached hydrogen (secondary N) is 2. The molecular formula is C12H21N3O2S. The summed E-state index contributed by atoms with van der Waals surface area (Å²) in [5.74, 6) is 0.249. The summed E-state index contributed by atoms with van der Waals surface area (Å²) >= 11 is 0. The number of hydrogen-bond donors (Lipinski definition) is 3. The monoisotopic (exact) mass is 271 g/mol. The van der Waals surface area contributed by atoms with Gasteiger partial charge in [0.2, 0.25) is 0 Å². The van der Waals surface area contributed by atoms with Crippen molar-refractivity contribution in [3.05, 3.63) is 23.3 Å². The Morgan fingerprint density at radius 2 is 1.78 bits per heavy atom. The highest BCUT2D eigenvalue weighted by Crippen LogP contribution is 2.23. The average Bonchev–Trinajstić information content (AvgIpc) is 2.23. The van der Waals surface area contributed by atoms with Gasteiger partial charge in [-0.25, -0.2) is 0 Å². The molecule has 4 N–H and O–H groups in total. The average molecular weight is 271 g/mol. The Morgan fingerprint density at radius 3 is 2.33 bits per heavy atom. The number of hydrogen-bond acceptors (Lipinski definition) is 3. The van der Waals surface area contributed by atoms with Crippen molar-refractivity contribution in [3.63, 3.8) is 0 Å². The summed E-state index contributed by atoms with van der Waals surface area (Å²) in [7, 11) is -3.56. The molecule has 0 atom stereocenters. The Kier molecular flexibility index (Phi) is 4.59. The number of nitrogen functional groups attached to an aromatic ring is 1. The van der Waals surface area contributed by atoms with Crippen LogP contribution in [0, 0.1) is 19.8 Å². The highest BCUT2D eigenvalue weighted by Gasteiger charge is 2.12. The first kappa shape index (κ1) is 14.8. The lowest BCUT2D eigenvalue weighted by Gasteiger charge is -2.14. The van der Waals surface area contributed by atoms with Gasteiger partial charge in [-0.3, -0.25) is 4.72 Å². The summed E-state index contributed by atoms with van der Waals surface area (Å²) in [6.45, 7) is 8.11. The van der Waals surface area contributed by atoms with Gasteiger partial charge in [0, 0.05) is 6.54 Å². The highest BCUT2D eigenvalue weighted by atomic mass is 32.2. The molecule has 0 aromatic heterocycles. The first-order chi connectivity index (χ1) is 8.21. The van der Waals surface area contributed by atoms with Crippen molar-refractivity contribution in [1.82, 2.24) is 4.72 Å². The summed E-state index contributed by atoms with van der Waals surface area (Å²) in [6, 6.07) is 3.49. The van der Waals surface area contributed by atoms with Gasteiger partial charge in [-0.1, -0.05) is 13.8 Å². The molecule has 1 rings (SSSR count). The van der Waals surface area contributed by atoms with Gasteiger partial charge in [-0.05, 0) is 43.0 Å². The van der Waals surface area contributed by atoms with E-state index >= 15 is 0 Å². The first-order valence-corrected chi connectivity index (χ1v) is 7.33. The zero-order chi connectivity index (χ0) is 13.9. The molecule has 0 spiro atoms. The third-order valence-electron chi connectivity index (χ3n) is 2.59. The Bertz CT molecular complexity index is 524. The number of rotatable bonds is 5. The fraction of sp³-hybridized carbons (Fsp3) is 0.500. The van der Waals surface area contributed by atoms with Crippen LogP contribution in [0.15, 0.2) is 12.1 Å². The van der Waals surface area contributed by atoms with Gasteiger partial charge in [-0.15, -0.1) is 0 Å². The van der Waals surface area contributed by atoms with Gasteiger partial charge in [0.1, 0.15) is 0 Å². The maximum Gasteiger partial charge on any atom is 0.299 e. The molecule has 18 heavy (non-hydrogen) atoms. The van der Waals surface area contributed by atoms with Crippen LogP contribution in [0.3, 0.4) is 0 Å². The molecule has 0 saturated heterocycles. The molecule has 5 nitrogen and oxygen atoms in total. The van der Waals surface area contributed by atoms with Gasteiger partial charge >= 0.3 is 0 Å². The minimum atomic E-state index is -3.56. The second kappa shape index (κ2) is 5.58. The predicted octanol–water partition coefficient (Wildman–Crippen LogP) is 1.79. The molecule has 0 fully saturated rings. The zero-order valence-electron chi connectivity index (χ0n) is 11.2. The molecule has 0 amide bonds. The molecule has 0 heterocycles. The predicted molar refractivity (Wildman–Crippen MR) is 75.7 cm³/mol. The molecule has 102 valence electrons. The topological polar surface area (TPSA) is 84.2 Å². The molecular weight excluding hydrogens is 250 g/mol. The maximum absolute atomic E-state index is 11.8. The van der Waals surface area contributed by atoms with E-state index in [4.69, 9.17) is 5.73 Å². The molecule has 6 heteroatoms. The van der Waals surface area contributed by atoms with E-state index in [0.29, 0.717) is 17.9 Å². The molecule has 0 unspecified atom stereocenters. The maximum atomic E-state index is 11.8. The SMILES string of the molecule is Cc1cc(N)c(NS(=O)(=O)NCC(C)C)cc1C. The molecule has 0 aliphatic carbocycles. The van der Waals surface area contributed by atoms with Crippen molar-refractivity contribution >= 4 is 21.6 Å². The van der Waals surface area contributed by atoms with E-state index in [1.54, 1.807) is 12.1 Å². The number of anilines is 2. The lowest BCUT2D eigenvalue weighted by Crippen LogP contribution is -2.33. The molecule has 0 radical (unpaired) electrons. The Labute approximate surface area is 109 Å². The lowest BCUT2D eigenvalue weighted by molar-refractivity contribution is 0.565. The normalized spacial score (nSPS) is 11.8.